The number of nitrogens with zero attached hydrogens (tertiary/aromatic N) is 2. The van der Waals surface area contributed by atoms with Gasteiger partial charge in [0.2, 0.25) is 0 Å². The Bertz CT molecular complexity index is 514. The highest BCUT2D eigenvalue weighted by Crippen LogP contribution is 2.23. The summed E-state index contributed by atoms with van der Waals surface area (Å²) in [4.78, 5) is 8.44. The van der Waals surface area contributed by atoms with Crippen molar-refractivity contribution in [2.45, 2.75) is 19.4 Å². The molecule has 1 heterocycles. The smallest absolute Gasteiger partial charge is 0.137 e. The van der Waals surface area contributed by atoms with Crippen molar-refractivity contribution in [1.29, 1.82) is 0 Å². The number of hydrogen-bond donors (Lipinski definition) is 2. The molecule has 1 aromatic carbocycles. The minimum atomic E-state index is 0.0204. The number of aliphatic hydroxyl groups is 1. The highest BCUT2D eigenvalue weighted by atomic mass is 79.9. The minimum Gasteiger partial charge on any atom is -0.394 e. The lowest BCUT2D eigenvalue weighted by atomic mass is 10.2. The van der Waals surface area contributed by atoms with Crippen LogP contribution in [-0.2, 0) is 0 Å². The second-order valence-corrected chi connectivity index (χ2v) is 4.73. The van der Waals surface area contributed by atoms with Crippen LogP contribution < -0.4 is 5.32 Å². The highest BCUT2D eigenvalue weighted by molar-refractivity contribution is 9.10. The topological polar surface area (TPSA) is 58.0 Å². The maximum atomic E-state index is 9.20. The van der Waals surface area contributed by atoms with Crippen LogP contribution in [0.5, 0.6) is 0 Å². The maximum absolute atomic E-state index is 9.20. The number of aromatic nitrogens is 2. The summed E-state index contributed by atoms with van der Waals surface area (Å²) < 4.78 is 0.986. The molecule has 17 heavy (non-hydrogen) atoms. The Morgan fingerprint density at radius 2 is 2.24 bits per heavy atom. The molecule has 0 amide bonds. The number of hydrogen-bond acceptors (Lipinski definition) is 4. The largest absolute Gasteiger partial charge is 0.394 e. The molecule has 1 atom stereocenters. The fourth-order valence-corrected chi connectivity index (χ4v) is 1.98. The average Bonchev–Trinajstić information content (AvgIpc) is 2.36. The van der Waals surface area contributed by atoms with E-state index < -0.39 is 0 Å². The van der Waals surface area contributed by atoms with Crippen molar-refractivity contribution in [2.75, 3.05) is 11.9 Å². The van der Waals surface area contributed by atoms with Crippen LogP contribution in [0.4, 0.5) is 5.82 Å². The predicted octanol–water partition coefficient (Wildman–Crippen LogP) is 2.58. The molecule has 0 radical (unpaired) electrons. The number of benzene rings is 1. The predicted molar refractivity (Wildman–Crippen MR) is 72.0 cm³/mol. The number of nitrogens with one attached hydrogen (secondary N) is 1. The second-order valence-electron chi connectivity index (χ2n) is 3.82. The van der Waals surface area contributed by atoms with Crippen LogP contribution in [0.3, 0.4) is 0 Å². The van der Waals surface area contributed by atoms with Gasteiger partial charge in [-0.1, -0.05) is 22.9 Å². The molecule has 0 bridgehead atoms. The van der Waals surface area contributed by atoms with Crippen LogP contribution in [-0.4, -0.2) is 27.7 Å². The van der Waals surface area contributed by atoms with Gasteiger partial charge in [0.25, 0.3) is 0 Å². The van der Waals surface area contributed by atoms with Crippen LogP contribution in [0, 0.1) is 0 Å². The van der Waals surface area contributed by atoms with E-state index in [9.17, 15) is 5.11 Å². The van der Waals surface area contributed by atoms with Crippen molar-refractivity contribution in [2.24, 2.45) is 0 Å². The third-order valence-corrected chi connectivity index (χ3v) is 3.14. The molecular formula is C12H14BrN3O. The molecule has 1 aromatic heterocycles. The highest BCUT2D eigenvalue weighted by Gasteiger charge is 2.09. The summed E-state index contributed by atoms with van der Waals surface area (Å²) in [6.45, 7) is 2.11. The molecule has 0 unspecified atom stereocenters. The maximum Gasteiger partial charge on any atom is 0.137 e. The van der Waals surface area contributed by atoms with Crippen molar-refractivity contribution in [3.63, 3.8) is 0 Å². The van der Waals surface area contributed by atoms with E-state index in [2.05, 4.69) is 31.2 Å². The second kappa shape index (κ2) is 5.42. The van der Waals surface area contributed by atoms with E-state index in [1.807, 2.05) is 25.1 Å². The molecule has 4 nitrogen and oxygen atoms in total. The van der Waals surface area contributed by atoms with Gasteiger partial charge in [-0.05, 0) is 24.6 Å². The first-order valence-corrected chi connectivity index (χ1v) is 6.31. The van der Waals surface area contributed by atoms with Gasteiger partial charge >= 0.3 is 0 Å². The van der Waals surface area contributed by atoms with Gasteiger partial charge in [-0.3, -0.25) is 0 Å². The molecule has 0 saturated carbocycles. The summed E-state index contributed by atoms with van der Waals surface area (Å²) in [5.41, 5.74) is 0.887. The van der Waals surface area contributed by atoms with E-state index in [1.165, 1.54) is 6.33 Å². The van der Waals surface area contributed by atoms with Gasteiger partial charge in [-0.25, -0.2) is 9.97 Å². The quantitative estimate of drug-likeness (QED) is 0.910. The Morgan fingerprint density at radius 3 is 2.94 bits per heavy atom. The zero-order valence-corrected chi connectivity index (χ0v) is 11.1. The first kappa shape index (κ1) is 12.3. The zero-order valence-electron chi connectivity index (χ0n) is 9.52. The molecule has 0 aliphatic heterocycles. The molecule has 2 rings (SSSR count). The fraction of sp³-hybridized carbons (Fsp3) is 0.333. The van der Waals surface area contributed by atoms with Crippen molar-refractivity contribution in [1.82, 2.24) is 9.97 Å². The monoisotopic (exact) mass is 295 g/mol. The van der Waals surface area contributed by atoms with E-state index in [4.69, 9.17) is 0 Å². The van der Waals surface area contributed by atoms with Gasteiger partial charge in [0, 0.05) is 9.86 Å². The third kappa shape index (κ3) is 2.73. The summed E-state index contributed by atoms with van der Waals surface area (Å²) in [7, 11) is 0. The molecule has 5 heteroatoms. The Kier molecular flexibility index (Phi) is 3.91. The zero-order chi connectivity index (χ0) is 12.3. The van der Waals surface area contributed by atoms with Gasteiger partial charge < -0.3 is 10.4 Å². The Balaban J connectivity index is 2.42. The van der Waals surface area contributed by atoms with Crippen LogP contribution >= 0.6 is 15.9 Å². The van der Waals surface area contributed by atoms with Gasteiger partial charge in [0.15, 0.2) is 0 Å². The van der Waals surface area contributed by atoms with Gasteiger partial charge in [0.05, 0.1) is 18.2 Å². The lowest BCUT2D eigenvalue weighted by Crippen LogP contribution is -2.23. The first-order chi connectivity index (χ1) is 8.24. The van der Waals surface area contributed by atoms with E-state index in [-0.39, 0.29) is 12.6 Å². The molecule has 0 aliphatic carbocycles. The number of halogens is 1. The lowest BCUT2D eigenvalue weighted by molar-refractivity contribution is 0.271. The third-order valence-electron chi connectivity index (χ3n) is 2.65. The van der Waals surface area contributed by atoms with Gasteiger partial charge in [-0.15, -0.1) is 0 Å². The molecular weight excluding hydrogens is 282 g/mol. The number of rotatable bonds is 4. The molecule has 0 fully saturated rings. The number of aliphatic hydroxyl groups excluding tert-OH is 1. The summed E-state index contributed by atoms with van der Waals surface area (Å²) in [5.74, 6) is 0.761. The van der Waals surface area contributed by atoms with Crippen LogP contribution in [0.25, 0.3) is 10.9 Å². The summed E-state index contributed by atoms with van der Waals surface area (Å²) in [5, 5.41) is 13.4. The van der Waals surface area contributed by atoms with Crippen LogP contribution in [0.2, 0.25) is 0 Å². The molecule has 2 aromatic rings. The SMILES string of the molecule is CC[C@H](CO)Nc1ncnc2ccc(Br)cc12. The van der Waals surface area contributed by atoms with Gasteiger partial charge in [-0.2, -0.15) is 0 Å². The summed E-state index contributed by atoms with van der Waals surface area (Å²) >= 11 is 3.43. The minimum absolute atomic E-state index is 0.0204. The Labute approximate surface area is 108 Å². The average molecular weight is 296 g/mol. The molecule has 90 valence electrons. The standard InChI is InChI=1S/C12H14BrN3O/c1-2-9(6-17)16-12-10-5-8(13)3-4-11(10)14-7-15-12/h3-5,7,9,17H,2,6H2,1H3,(H,14,15,16)/t9-/m1/s1. The normalized spacial score (nSPS) is 12.6. The summed E-state index contributed by atoms with van der Waals surface area (Å²) in [6, 6.07) is 5.88. The van der Waals surface area contributed by atoms with E-state index >= 15 is 0 Å². The fourth-order valence-electron chi connectivity index (χ4n) is 1.61. The van der Waals surface area contributed by atoms with Crippen LogP contribution in [0.1, 0.15) is 13.3 Å². The van der Waals surface area contributed by atoms with E-state index in [1.54, 1.807) is 0 Å². The van der Waals surface area contributed by atoms with Crippen molar-refractivity contribution < 1.29 is 5.11 Å². The summed E-state index contributed by atoms with van der Waals surface area (Å²) in [6.07, 6.45) is 2.37. The molecule has 0 saturated heterocycles. The van der Waals surface area contributed by atoms with E-state index in [0.29, 0.717) is 0 Å². The number of anilines is 1. The Hall–Kier alpha value is -1.20. The van der Waals surface area contributed by atoms with Crippen molar-refractivity contribution in [3.8, 4) is 0 Å². The van der Waals surface area contributed by atoms with Crippen LogP contribution in [0.15, 0.2) is 29.0 Å². The van der Waals surface area contributed by atoms with E-state index in [0.717, 1.165) is 27.6 Å². The molecule has 2 N–H and O–H groups in total. The van der Waals surface area contributed by atoms with Gasteiger partial charge in [0.1, 0.15) is 12.1 Å². The number of fused-ring (bicyclic) bond motifs is 1. The first-order valence-electron chi connectivity index (χ1n) is 5.52. The van der Waals surface area contributed by atoms with Crippen molar-refractivity contribution >= 4 is 32.7 Å². The molecule has 0 aliphatic rings. The lowest BCUT2D eigenvalue weighted by Gasteiger charge is -2.15. The van der Waals surface area contributed by atoms with Crippen molar-refractivity contribution in [3.05, 3.63) is 29.0 Å². The Morgan fingerprint density at radius 1 is 1.41 bits per heavy atom. The molecule has 0 spiro atoms.